The summed E-state index contributed by atoms with van der Waals surface area (Å²) in [4.78, 5) is 12.7. The number of benzene rings is 1. The van der Waals surface area contributed by atoms with Crippen LogP contribution in [0.15, 0.2) is 35.7 Å². The molecule has 1 amide bonds. The fourth-order valence-electron chi connectivity index (χ4n) is 1.83. The SMILES string of the molecule is COc1ccc(C(=O)NC[C@](C)(O)c2cccs2)cc1F. The van der Waals surface area contributed by atoms with Crippen LogP contribution in [0.4, 0.5) is 4.39 Å². The lowest BCUT2D eigenvalue weighted by Crippen LogP contribution is -2.38. The first-order chi connectivity index (χ1) is 9.94. The Morgan fingerprint density at radius 3 is 2.81 bits per heavy atom. The van der Waals surface area contributed by atoms with E-state index in [-0.39, 0.29) is 17.9 Å². The minimum Gasteiger partial charge on any atom is -0.494 e. The number of methoxy groups -OCH3 is 1. The maximum atomic E-state index is 13.6. The monoisotopic (exact) mass is 309 g/mol. The summed E-state index contributed by atoms with van der Waals surface area (Å²) in [6.07, 6.45) is 0. The third kappa shape index (κ3) is 3.59. The predicted molar refractivity (Wildman–Crippen MR) is 79.2 cm³/mol. The van der Waals surface area contributed by atoms with Crippen molar-refractivity contribution in [3.8, 4) is 5.75 Å². The molecule has 4 nitrogen and oxygen atoms in total. The van der Waals surface area contributed by atoms with Gasteiger partial charge in [-0.1, -0.05) is 6.07 Å². The fourth-order valence-corrected chi connectivity index (χ4v) is 2.62. The fraction of sp³-hybridized carbons (Fsp3) is 0.267. The number of aliphatic hydroxyl groups is 1. The maximum absolute atomic E-state index is 13.6. The second kappa shape index (κ2) is 6.24. The molecule has 0 unspecified atom stereocenters. The van der Waals surface area contributed by atoms with Crippen LogP contribution in [0.2, 0.25) is 0 Å². The number of halogens is 1. The molecule has 2 rings (SSSR count). The van der Waals surface area contributed by atoms with Gasteiger partial charge >= 0.3 is 0 Å². The summed E-state index contributed by atoms with van der Waals surface area (Å²) in [7, 11) is 1.36. The van der Waals surface area contributed by atoms with E-state index in [0.29, 0.717) is 0 Å². The van der Waals surface area contributed by atoms with Gasteiger partial charge in [0.2, 0.25) is 0 Å². The van der Waals surface area contributed by atoms with E-state index in [9.17, 15) is 14.3 Å². The maximum Gasteiger partial charge on any atom is 0.251 e. The van der Waals surface area contributed by atoms with Crippen molar-refractivity contribution in [2.24, 2.45) is 0 Å². The molecule has 21 heavy (non-hydrogen) atoms. The largest absolute Gasteiger partial charge is 0.494 e. The van der Waals surface area contributed by atoms with Crippen LogP contribution in [-0.4, -0.2) is 24.7 Å². The van der Waals surface area contributed by atoms with Crippen molar-refractivity contribution in [3.63, 3.8) is 0 Å². The zero-order chi connectivity index (χ0) is 15.5. The van der Waals surface area contributed by atoms with Crippen molar-refractivity contribution < 1.29 is 19.0 Å². The predicted octanol–water partition coefficient (Wildman–Crippen LogP) is 2.53. The van der Waals surface area contributed by atoms with Crippen LogP contribution in [-0.2, 0) is 5.60 Å². The van der Waals surface area contributed by atoms with E-state index in [4.69, 9.17) is 4.74 Å². The van der Waals surface area contributed by atoms with Gasteiger partial charge in [0.25, 0.3) is 5.91 Å². The van der Waals surface area contributed by atoms with E-state index >= 15 is 0 Å². The highest BCUT2D eigenvalue weighted by Crippen LogP contribution is 2.24. The number of carbonyl (C=O) groups is 1. The summed E-state index contributed by atoms with van der Waals surface area (Å²) < 4.78 is 18.4. The van der Waals surface area contributed by atoms with Crippen molar-refractivity contribution in [1.82, 2.24) is 5.32 Å². The van der Waals surface area contributed by atoms with Gasteiger partial charge in [-0.25, -0.2) is 4.39 Å². The lowest BCUT2D eigenvalue weighted by Gasteiger charge is -2.22. The van der Waals surface area contributed by atoms with E-state index in [1.165, 1.54) is 30.6 Å². The smallest absolute Gasteiger partial charge is 0.251 e. The Morgan fingerprint density at radius 2 is 2.24 bits per heavy atom. The number of hydrogen-bond acceptors (Lipinski definition) is 4. The summed E-state index contributed by atoms with van der Waals surface area (Å²) in [5.41, 5.74) is -0.982. The van der Waals surface area contributed by atoms with Crippen LogP contribution in [0.25, 0.3) is 0 Å². The highest BCUT2D eigenvalue weighted by atomic mass is 32.1. The van der Waals surface area contributed by atoms with Gasteiger partial charge in [0, 0.05) is 10.4 Å². The number of rotatable bonds is 5. The molecule has 112 valence electrons. The highest BCUT2D eigenvalue weighted by Gasteiger charge is 2.25. The molecule has 6 heteroatoms. The normalized spacial score (nSPS) is 13.5. The number of carbonyl (C=O) groups excluding carboxylic acids is 1. The van der Waals surface area contributed by atoms with E-state index in [1.807, 2.05) is 11.4 Å². The van der Waals surface area contributed by atoms with Gasteiger partial charge < -0.3 is 15.2 Å². The highest BCUT2D eigenvalue weighted by molar-refractivity contribution is 7.10. The molecule has 1 aromatic carbocycles. The molecule has 0 bridgehead atoms. The lowest BCUT2D eigenvalue weighted by molar-refractivity contribution is 0.0556. The van der Waals surface area contributed by atoms with Gasteiger partial charge in [-0.05, 0) is 36.6 Å². The summed E-state index contributed by atoms with van der Waals surface area (Å²) in [5, 5.41) is 14.8. The number of hydrogen-bond donors (Lipinski definition) is 2. The Hall–Kier alpha value is -1.92. The summed E-state index contributed by atoms with van der Waals surface area (Å²) in [6.45, 7) is 1.66. The molecule has 1 atom stereocenters. The molecule has 2 aromatic rings. The van der Waals surface area contributed by atoms with Crippen LogP contribution in [0.5, 0.6) is 5.75 Å². The topological polar surface area (TPSA) is 58.6 Å². The number of ether oxygens (including phenoxy) is 1. The van der Waals surface area contributed by atoms with Crippen LogP contribution >= 0.6 is 11.3 Å². The van der Waals surface area contributed by atoms with Crippen molar-refractivity contribution in [2.75, 3.05) is 13.7 Å². The van der Waals surface area contributed by atoms with Gasteiger partial charge in [0.1, 0.15) is 5.60 Å². The second-order valence-electron chi connectivity index (χ2n) is 4.78. The first-order valence-corrected chi connectivity index (χ1v) is 7.20. The first kappa shape index (κ1) is 15.5. The Bertz CT molecular complexity index is 626. The molecule has 1 heterocycles. The third-order valence-corrected chi connectivity index (χ3v) is 4.18. The molecular weight excluding hydrogens is 293 g/mol. The van der Waals surface area contributed by atoms with Crippen LogP contribution in [0.1, 0.15) is 22.2 Å². The molecule has 0 aliphatic rings. The van der Waals surface area contributed by atoms with Gasteiger partial charge in [-0.2, -0.15) is 0 Å². The lowest BCUT2D eigenvalue weighted by atomic mass is 10.0. The number of amides is 1. The molecule has 2 N–H and O–H groups in total. The van der Waals surface area contributed by atoms with Crippen molar-refractivity contribution in [3.05, 3.63) is 52.0 Å². The molecular formula is C15H16FNO3S. The van der Waals surface area contributed by atoms with Gasteiger partial charge in [0.05, 0.1) is 13.7 Å². The van der Waals surface area contributed by atoms with Crippen molar-refractivity contribution >= 4 is 17.2 Å². The van der Waals surface area contributed by atoms with Crippen LogP contribution < -0.4 is 10.1 Å². The Morgan fingerprint density at radius 1 is 1.48 bits per heavy atom. The quantitative estimate of drug-likeness (QED) is 0.892. The zero-order valence-electron chi connectivity index (χ0n) is 11.7. The average molecular weight is 309 g/mol. The molecule has 0 spiro atoms. The van der Waals surface area contributed by atoms with E-state index < -0.39 is 17.3 Å². The Labute approximate surface area is 126 Å². The second-order valence-corrected chi connectivity index (χ2v) is 5.73. The molecule has 0 aliphatic heterocycles. The van der Waals surface area contributed by atoms with Crippen LogP contribution in [0.3, 0.4) is 0 Å². The summed E-state index contributed by atoms with van der Waals surface area (Å²) >= 11 is 1.41. The Balaban J connectivity index is 2.03. The minimum atomic E-state index is -1.16. The van der Waals surface area contributed by atoms with Crippen molar-refractivity contribution in [2.45, 2.75) is 12.5 Å². The number of nitrogens with one attached hydrogen (secondary N) is 1. The molecule has 0 fully saturated rings. The van der Waals surface area contributed by atoms with Gasteiger partial charge in [0.15, 0.2) is 11.6 Å². The van der Waals surface area contributed by atoms with E-state index in [0.717, 1.165) is 10.9 Å². The van der Waals surface area contributed by atoms with Gasteiger partial charge in [-0.15, -0.1) is 11.3 Å². The first-order valence-electron chi connectivity index (χ1n) is 6.32. The number of thiophene rings is 1. The minimum absolute atomic E-state index is 0.0417. The summed E-state index contributed by atoms with van der Waals surface area (Å²) in [5.74, 6) is -0.972. The van der Waals surface area contributed by atoms with E-state index in [2.05, 4.69) is 5.32 Å². The molecule has 1 aromatic heterocycles. The Kier molecular flexibility index (Phi) is 4.59. The molecule has 0 saturated heterocycles. The molecule has 0 saturated carbocycles. The third-order valence-electron chi connectivity index (χ3n) is 3.06. The molecule has 0 aliphatic carbocycles. The average Bonchev–Trinajstić information content (AvgIpc) is 2.99. The van der Waals surface area contributed by atoms with E-state index in [1.54, 1.807) is 13.0 Å². The molecule has 0 radical (unpaired) electrons. The van der Waals surface area contributed by atoms with Crippen molar-refractivity contribution in [1.29, 1.82) is 0 Å². The summed E-state index contributed by atoms with van der Waals surface area (Å²) in [6, 6.07) is 7.59. The van der Waals surface area contributed by atoms with Crippen LogP contribution in [0, 0.1) is 5.82 Å². The zero-order valence-corrected chi connectivity index (χ0v) is 12.5. The standard InChI is InChI=1S/C15H16FNO3S/c1-15(19,13-4-3-7-21-13)9-17-14(18)10-5-6-12(20-2)11(16)8-10/h3-8,19H,9H2,1-2H3,(H,17,18)/t15-/m0/s1. The van der Waals surface area contributed by atoms with Gasteiger partial charge in [-0.3, -0.25) is 4.79 Å².